The highest BCUT2D eigenvalue weighted by Crippen LogP contribution is 2.55. The summed E-state index contributed by atoms with van der Waals surface area (Å²) in [7, 11) is -1.36. The number of nitrogens with zero attached hydrogens (tertiary/aromatic N) is 2. The molecule has 0 aliphatic carbocycles. The predicted octanol–water partition coefficient (Wildman–Crippen LogP) is 2.89. The maximum absolute atomic E-state index is 14.8. The molecule has 5 rings (SSSR count). The van der Waals surface area contributed by atoms with E-state index in [2.05, 4.69) is 9.97 Å². The lowest BCUT2D eigenvalue weighted by Gasteiger charge is -2.28. The van der Waals surface area contributed by atoms with Gasteiger partial charge in [0.15, 0.2) is 12.5 Å². The van der Waals surface area contributed by atoms with Gasteiger partial charge < -0.3 is 23.5 Å². The molecule has 0 saturated carbocycles. The van der Waals surface area contributed by atoms with Crippen LogP contribution in [0.3, 0.4) is 0 Å². The molecular formula is C30H38ClN4O11P. The van der Waals surface area contributed by atoms with Gasteiger partial charge in [-0.1, -0.05) is 30.7 Å². The predicted molar refractivity (Wildman–Crippen MR) is 170 cm³/mol. The summed E-state index contributed by atoms with van der Waals surface area (Å²) in [6.45, 7) is 4.60. The third-order valence-electron chi connectivity index (χ3n) is 8.41. The Bertz CT molecular complexity index is 1910. The van der Waals surface area contributed by atoms with E-state index in [1.807, 2.05) is 6.92 Å². The lowest BCUT2D eigenvalue weighted by atomic mass is 9.98. The molecule has 0 spiro atoms. The quantitative estimate of drug-likeness (QED) is 0.281. The highest BCUT2D eigenvalue weighted by molar-refractivity contribution is 7.54. The molecule has 2 fully saturated rings. The molecule has 2 saturated heterocycles. The number of hydrogen-bond donors (Lipinski definition) is 2. The van der Waals surface area contributed by atoms with Gasteiger partial charge in [0.2, 0.25) is 0 Å². The van der Waals surface area contributed by atoms with Crippen molar-refractivity contribution in [2.75, 3.05) is 20.4 Å². The van der Waals surface area contributed by atoms with Crippen molar-refractivity contribution in [3.8, 4) is 5.75 Å². The molecule has 0 amide bonds. The number of aromatic amines is 2. The Morgan fingerprint density at radius 1 is 0.915 bits per heavy atom. The SMILES string of the molecule is [2H]C[C@H]1O[C@@H](n2cc(C)c(=O)[nH]c2=O)[C@H](OC)[C@@H]1OP(=O)(CC[C@H]1O[C@@H](n2cc(C)c(=O)[nH]c2=O)[C@H](OC)[C@@H]1C)Oc1ccccc1Cl. The first-order valence-corrected chi connectivity index (χ1v) is 16.9. The molecule has 15 nitrogen and oxygen atoms in total. The number of aryl methyl sites for hydroxylation is 2. The van der Waals surface area contributed by atoms with Gasteiger partial charge in [0.25, 0.3) is 11.1 Å². The molecule has 2 aromatic heterocycles. The van der Waals surface area contributed by atoms with Crippen LogP contribution in [-0.2, 0) is 28.0 Å². The van der Waals surface area contributed by atoms with E-state index in [4.69, 9.17) is 41.0 Å². The van der Waals surface area contributed by atoms with E-state index in [0.717, 1.165) is 4.57 Å². The van der Waals surface area contributed by atoms with Crippen molar-refractivity contribution in [1.29, 1.82) is 0 Å². The second-order valence-electron chi connectivity index (χ2n) is 11.6. The minimum absolute atomic E-state index is 0.0881. The summed E-state index contributed by atoms with van der Waals surface area (Å²) >= 11 is 6.37. The average Bonchev–Trinajstić information content (AvgIpc) is 3.56. The van der Waals surface area contributed by atoms with Crippen molar-refractivity contribution in [2.45, 2.75) is 77.1 Å². The van der Waals surface area contributed by atoms with Gasteiger partial charge in [0, 0.05) is 45.0 Å². The number of aromatic nitrogens is 4. The van der Waals surface area contributed by atoms with Crippen LogP contribution in [0.15, 0.2) is 55.8 Å². The third-order valence-corrected chi connectivity index (χ3v) is 10.6. The van der Waals surface area contributed by atoms with E-state index in [0.29, 0.717) is 5.56 Å². The highest BCUT2D eigenvalue weighted by atomic mass is 35.5. The lowest BCUT2D eigenvalue weighted by molar-refractivity contribution is -0.0535. The fraction of sp³-hybridized carbons (Fsp3) is 0.533. The van der Waals surface area contributed by atoms with Gasteiger partial charge in [0.1, 0.15) is 24.1 Å². The number of ether oxygens (including phenoxy) is 4. The van der Waals surface area contributed by atoms with Gasteiger partial charge in [-0.3, -0.25) is 33.2 Å². The van der Waals surface area contributed by atoms with E-state index in [1.165, 1.54) is 44.2 Å². The van der Waals surface area contributed by atoms with E-state index in [1.54, 1.807) is 25.1 Å². The number of halogens is 1. The molecule has 47 heavy (non-hydrogen) atoms. The third kappa shape index (κ3) is 7.12. The molecule has 2 aliphatic heterocycles. The van der Waals surface area contributed by atoms with Crippen LogP contribution in [0.2, 0.25) is 5.02 Å². The molecule has 2 aliphatic rings. The van der Waals surface area contributed by atoms with Crippen molar-refractivity contribution >= 4 is 19.2 Å². The van der Waals surface area contributed by atoms with E-state index >= 15 is 0 Å². The lowest BCUT2D eigenvalue weighted by Crippen LogP contribution is -2.40. The van der Waals surface area contributed by atoms with Crippen LogP contribution in [0.4, 0.5) is 0 Å². The first-order chi connectivity index (χ1) is 22.8. The molecule has 3 aromatic rings. The van der Waals surface area contributed by atoms with Crippen molar-refractivity contribution in [3.63, 3.8) is 0 Å². The zero-order chi connectivity index (χ0) is 34.9. The fourth-order valence-electron chi connectivity index (χ4n) is 5.86. The van der Waals surface area contributed by atoms with Crippen LogP contribution in [0.1, 0.15) is 45.2 Å². The monoisotopic (exact) mass is 697 g/mol. The molecule has 1 aromatic carbocycles. The maximum atomic E-state index is 14.8. The van der Waals surface area contributed by atoms with Crippen molar-refractivity contribution in [3.05, 3.63) is 94.5 Å². The van der Waals surface area contributed by atoms with Gasteiger partial charge in [-0.2, -0.15) is 0 Å². The topological polar surface area (TPSA) is 182 Å². The smallest absolute Gasteiger partial charge is 0.379 e. The molecule has 0 bridgehead atoms. The largest absolute Gasteiger partial charge is 0.423 e. The summed E-state index contributed by atoms with van der Waals surface area (Å²) in [5.41, 5.74) is -1.95. The zero-order valence-electron chi connectivity index (χ0n) is 27.4. The second-order valence-corrected chi connectivity index (χ2v) is 14.0. The summed E-state index contributed by atoms with van der Waals surface area (Å²) in [5.74, 6) is -0.222. The van der Waals surface area contributed by atoms with Crippen LogP contribution in [0.5, 0.6) is 5.75 Å². The Balaban J connectivity index is 1.45. The summed E-state index contributed by atoms with van der Waals surface area (Å²) in [6, 6.07) is 6.42. The van der Waals surface area contributed by atoms with Gasteiger partial charge in [0.05, 0.1) is 23.4 Å². The van der Waals surface area contributed by atoms with Gasteiger partial charge in [-0.05, 0) is 39.3 Å². The summed E-state index contributed by atoms with van der Waals surface area (Å²) in [6.07, 6.45) is -3.84. The Labute approximate surface area is 275 Å². The van der Waals surface area contributed by atoms with Crippen LogP contribution in [0.25, 0.3) is 0 Å². The molecule has 9 atom stereocenters. The summed E-state index contributed by atoms with van der Waals surface area (Å²) in [5, 5.41) is 0.176. The van der Waals surface area contributed by atoms with Gasteiger partial charge in [-0.25, -0.2) is 14.2 Å². The number of rotatable bonds is 11. The normalized spacial score (nSPS) is 29.0. The van der Waals surface area contributed by atoms with Crippen molar-refractivity contribution < 1.29 is 33.9 Å². The Hall–Kier alpha value is -3.30. The van der Waals surface area contributed by atoms with Crippen LogP contribution in [-0.4, -0.2) is 70.0 Å². The minimum Gasteiger partial charge on any atom is -0.423 e. The number of hydrogen-bond acceptors (Lipinski definition) is 11. The first kappa shape index (κ1) is 33.6. The Morgan fingerprint density at radius 3 is 2.04 bits per heavy atom. The molecule has 4 heterocycles. The summed E-state index contributed by atoms with van der Waals surface area (Å²) in [4.78, 5) is 53.9. The highest BCUT2D eigenvalue weighted by Gasteiger charge is 2.50. The van der Waals surface area contributed by atoms with E-state index < -0.39 is 73.1 Å². The Kier molecular flexibility index (Phi) is 10.0. The molecule has 17 heteroatoms. The standard InChI is InChI=1S/C30H38ClN4O11P/c1-15-13-34(29(38)32-25(15)36)27-22(41-5)17(3)20(44-27)11-12-47(40,45-21-10-8-7-9-19(21)31)46-23-18(4)43-28(24(23)42-6)35-14-16(2)26(37)33-30(35)39/h7-10,13-14,17-18,20,22-24,27-28H,11-12H2,1-6H3,(H,32,36,38)(H,33,37,39)/t17-,18-,20-,22-,23-,24-,27-,28-,47?/m1/s1/i4D. The zero-order valence-corrected chi connectivity index (χ0v) is 28.1. The van der Waals surface area contributed by atoms with Crippen LogP contribution < -0.4 is 27.0 Å². The van der Waals surface area contributed by atoms with Gasteiger partial charge in [-0.15, -0.1) is 0 Å². The van der Waals surface area contributed by atoms with Gasteiger partial charge >= 0.3 is 19.0 Å². The maximum Gasteiger partial charge on any atom is 0.379 e. The van der Waals surface area contributed by atoms with Crippen LogP contribution >= 0.6 is 19.2 Å². The fourth-order valence-corrected chi connectivity index (χ4v) is 7.98. The molecule has 1 unspecified atom stereocenters. The number of para-hydroxylation sites is 1. The minimum atomic E-state index is -4.20. The molecule has 0 radical (unpaired) electrons. The number of benzene rings is 1. The number of methoxy groups -OCH3 is 2. The summed E-state index contributed by atoms with van der Waals surface area (Å²) < 4.78 is 61.3. The van der Waals surface area contributed by atoms with E-state index in [9.17, 15) is 23.7 Å². The Morgan fingerprint density at radius 2 is 1.49 bits per heavy atom. The molecule has 2 N–H and O–H groups in total. The molecular weight excluding hydrogens is 659 g/mol. The first-order valence-electron chi connectivity index (χ1n) is 15.5. The van der Waals surface area contributed by atoms with Crippen molar-refractivity contribution in [2.24, 2.45) is 5.92 Å². The molecule has 256 valence electrons. The van der Waals surface area contributed by atoms with E-state index in [-0.39, 0.29) is 41.7 Å². The van der Waals surface area contributed by atoms with Crippen molar-refractivity contribution in [1.82, 2.24) is 19.1 Å². The number of H-pyrrole nitrogens is 2. The number of nitrogens with one attached hydrogen (secondary N) is 2. The average molecular weight is 698 g/mol. The van der Waals surface area contributed by atoms with Crippen LogP contribution in [0, 0.1) is 19.8 Å². The second kappa shape index (κ2) is 14.0.